The number of nitrogens with zero attached hydrogens (tertiary/aromatic N) is 1. The minimum atomic E-state index is -0.121. The van der Waals surface area contributed by atoms with E-state index in [0.717, 1.165) is 36.8 Å². The van der Waals surface area contributed by atoms with Gasteiger partial charge in [0.1, 0.15) is 11.5 Å². The van der Waals surface area contributed by atoms with Crippen molar-refractivity contribution in [2.24, 2.45) is 5.92 Å². The summed E-state index contributed by atoms with van der Waals surface area (Å²) >= 11 is 0. The third-order valence-corrected chi connectivity index (χ3v) is 7.21. The smallest absolute Gasteiger partial charge is 0.258 e. The van der Waals surface area contributed by atoms with Gasteiger partial charge >= 0.3 is 0 Å². The van der Waals surface area contributed by atoms with Gasteiger partial charge in [-0.2, -0.15) is 0 Å². The van der Waals surface area contributed by atoms with E-state index in [-0.39, 0.29) is 35.2 Å². The lowest BCUT2D eigenvalue weighted by atomic mass is 9.72. The highest BCUT2D eigenvalue weighted by Gasteiger charge is 2.37. The summed E-state index contributed by atoms with van der Waals surface area (Å²) in [7, 11) is 0. The van der Waals surface area contributed by atoms with E-state index >= 15 is 0 Å². The Kier molecular flexibility index (Phi) is 6.14. The summed E-state index contributed by atoms with van der Waals surface area (Å²) in [6, 6.07) is 10.9. The van der Waals surface area contributed by atoms with Gasteiger partial charge in [-0.1, -0.05) is 48.9 Å². The van der Waals surface area contributed by atoms with Crippen molar-refractivity contribution in [3.63, 3.8) is 0 Å². The quantitative estimate of drug-likeness (QED) is 0.532. The first kappa shape index (κ1) is 22.2. The number of hydrogen-bond acceptors (Lipinski definition) is 3. The topological polar surface area (TPSA) is 60.8 Å². The van der Waals surface area contributed by atoms with Crippen molar-refractivity contribution >= 4 is 11.6 Å². The molecule has 0 saturated heterocycles. The van der Waals surface area contributed by atoms with Crippen molar-refractivity contribution in [3.05, 3.63) is 76.9 Å². The molecule has 0 saturated carbocycles. The van der Waals surface area contributed by atoms with Crippen molar-refractivity contribution in [2.45, 2.75) is 58.3 Å². The van der Waals surface area contributed by atoms with Crippen LogP contribution in [0.5, 0.6) is 11.5 Å². The molecule has 2 N–H and O–H groups in total. The van der Waals surface area contributed by atoms with Crippen LogP contribution in [0.1, 0.15) is 79.8 Å². The van der Waals surface area contributed by atoms with Crippen LogP contribution in [0.2, 0.25) is 0 Å². The number of allylic oxidation sites excluding steroid dienone is 3. The molecule has 0 bridgehead atoms. The molecular formula is C28H33NO3. The average Bonchev–Trinajstić information content (AvgIpc) is 2.78. The first-order valence-corrected chi connectivity index (χ1v) is 11.6. The monoisotopic (exact) mass is 431 g/mol. The maximum Gasteiger partial charge on any atom is 0.258 e. The van der Waals surface area contributed by atoms with Gasteiger partial charge in [-0.05, 0) is 63.5 Å². The van der Waals surface area contributed by atoms with E-state index in [0.29, 0.717) is 23.4 Å². The summed E-state index contributed by atoms with van der Waals surface area (Å²) < 4.78 is 0. The van der Waals surface area contributed by atoms with Crippen molar-refractivity contribution in [3.8, 4) is 11.5 Å². The number of hydrogen-bond donors (Lipinski definition) is 2. The number of phenols is 2. The molecule has 1 heterocycles. The molecule has 1 aliphatic heterocycles. The minimum absolute atomic E-state index is 0.0473. The Morgan fingerprint density at radius 3 is 2.53 bits per heavy atom. The molecule has 32 heavy (non-hydrogen) atoms. The molecule has 0 radical (unpaired) electrons. The highest BCUT2D eigenvalue weighted by Crippen LogP contribution is 2.53. The number of fused-ring (bicyclic) bond motifs is 1. The number of amides is 1. The van der Waals surface area contributed by atoms with Crippen molar-refractivity contribution in [1.29, 1.82) is 0 Å². The van der Waals surface area contributed by atoms with E-state index in [2.05, 4.69) is 26.5 Å². The maximum atomic E-state index is 13.3. The predicted octanol–water partition coefficient (Wildman–Crippen LogP) is 6.66. The van der Waals surface area contributed by atoms with E-state index in [4.69, 9.17) is 0 Å². The Hall–Kier alpha value is -3.01. The number of phenolic OH excluding ortho intramolecular Hbond substituents is 2. The molecular weight excluding hydrogens is 398 g/mol. The van der Waals surface area contributed by atoms with Gasteiger partial charge < -0.3 is 15.1 Å². The molecule has 168 valence electrons. The molecule has 4 heteroatoms. The number of benzene rings is 2. The lowest BCUT2D eigenvalue weighted by Gasteiger charge is -2.37. The van der Waals surface area contributed by atoms with Crippen LogP contribution < -0.4 is 4.90 Å². The molecule has 1 aliphatic carbocycles. The van der Waals surface area contributed by atoms with Crippen molar-refractivity contribution < 1.29 is 15.0 Å². The number of rotatable bonds is 4. The molecule has 1 amide bonds. The second kappa shape index (κ2) is 8.85. The van der Waals surface area contributed by atoms with Crippen LogP contribution in [0.3, 0.4) is 0 Å². The SMILES string of the molecule is C=C(C)[C@@H]1CCC(C)=C[C@H]1c1c(O)cc2c(c1O)[C@H](CC)CCN2C(=O)c1ccccc1. The van der Waals surface area contributed by atoms with Gasteiger partial charge in [0.05, 0.1) is 5.69 Å². The van der Waals surface area contributed by atoms with E-state index in [1.165, 1.54) is 5.57 Å². The van der Waals surface area contributed by atoms with Crippen LogP contribution >= 0.6 is 0 Å². The van der Waals surface area contributed by atoms with E-state index in [1.54, 1.807) is 23.1 Å². The van der Waals surface area contributed by atoms with Gasteiger partial charge in [-0.25, -0.2) is 0 Å². The summed E-state index contributed by atoms with van der Waals surface area (Å²) in [6.07, 6.45) is 5.76. The fraction of sp³-hybridized carbons (Fsp3) is 0.393. The first-order valence-electron chi connectivity index (χ1n) is 11.6. The first-order chi connectivity index (χ1) is 15.3. The second-order valence-electron chi connectivity index (χ2n) is 9.34. The molecule has 0 fully saturated rings. The number of anilines is 1. The fourth-order valence-electron chi connectivity index (χ4n) is 5.44. The third-order valence-electron chi connectivity index (χ3n) is 7.21. The van der Waals surface area contributed by atoms with Gasteiger partial charge in [-0.15, -0.1) is 0 Å². The van der Waals surface area contributed by atoms with E-state index < -0.39 is 0 Å². The maximum absolute atomic E-state index is 13.3. The van der Waals surface area contributed by atoms with Crippen molar-refractivity contribution in [1.82, 2.24) is 0 Å². The molecule has 0 aromatic heterocycles. The highest BCUT2D eigenvalue weighted by molar-refractivity contribution is 6.07. The Balaban J connectivity index is 1.86. The van der Waals surface area contributed by atoms with Gasteiger partial charge in [0.15, 0.2) is 0 Å². The van der Waals surface area contributed by atoms with Gasteiger partial charge in [0.25, 0.3) is 5.91 Å². The van der Waals surface area contributed by atoms with E-state index in [1.807, 2.05) is 25.1 Å². The molecule has 4 rings (SSSR count). The Bertz CT molecular complexity index is 1070. The number of aromatic hydroxyl groups is 2. The molecule has 0 spiro atoms. The molecule has 3 atom stereocenters. The average molecular weight is 432 g/mol. The zero-order valence-electron chi connectivity index (χ0n) is 19.3. The van der Waals surface area contributed by atoms with Crippen LogP contribution in [0.25, 0.3) is 0 Å². The third kappa shape index (κ3) is 3.83. The summed E-state index contributed by atoms with van der Waals surface area (Å²) in [5.41, 5.74) is 4.90. The largest absolute Gasteiger partial charge is 0.507 e. The number of carbonyl (C=O) groups excluding carboxylic acids is 1. The Labute approximate surface area is 190 Å². The van der Waals surface area contributed by atoms with Crippen LogP contribution in [-0.2, 0) is 0 Å². The van der Waals surface area contributed by atoms with Gasteiger partial charge in [0, 0.05) is 35.2 Å². The Morgan fingerprint density at radius 1 is 1.16 bits per heavy atom. The zero-order chi connectivity index (χ0) is 23.0. The Morgan fingerprint density at radius 2 is 1.88 bits per heavy atom. The highest BCUT2D eigenvalue weighted by atomic mass is 16.3. The molecule has 2 aromatic rings. The normalized spacial score (nSPS) is 22.8. The van der Waals surface area contributed by atoms with Gasteiger partial charge in [0.2, 0.25) is 0 Å². The summed E-state index contributed by atoms with van der Waals surface area (Å²) in [5, 5.41) is 22.7. The zero-order valence-corrected chi connectivity index (χ0v) is 19.3. The summed E-state index contributed by atoms with van der Waals surface area (Å²) in [4.78, 5) is 15.0. The molecule has 2 aliphatic rings. The van der Waals surface area contributed by atoms with Crippen LogP contribution in [0.15, 0.2) is 60.2 Å². The lowest BCUT2D eigenvalue weighted by Crippen LogP contribution is -2.37. The van der Waals surface area contributed by atoms with Gasteiger partial charge in [-0.3, -0.25) is 4.79 Å². The minimum Gasteiger partial charge on any atom is -0.507 e. The summed E-state index contributed by atoms with van der Waals surface area (Å²) in [5.74, 6) is 0.261. The van der Waals surface area contributed by atoms with Crippen LogP contribution in [-0.4, -0.2) is 22.7 Å². The standard InChI is InChI=1S/C28H33NO3/c1-5-19-13-14-29(28(32)20-9-7-6-8-10-20)23-16-24(30)26(27(31)25(19)23)22-15-18(4)11-12-21(22)17(2)3/h6-10,15-16,19,21-22,30-31H,2,5,11-14H2,1,3-4H3/t19-,21+,22-/m1/s1. The molecule has 4 nitrogen and oxygen atoms in total. The lowest BCUT2D eigenvalue weighted by molar-refractivity contribution is 0.0984. The van der Waals surface area contributed by atoms with Crippen LogP contribution in [0, 0.1) is 5.92 Å². The van der Waals surface area contributed by atoms with Crippen LogP contribution in [0.4, 0.5) is 5.69 Å². The molecule has 2 aromatic carbocycles. The van der Waals surface area contributed by atoms with E-state index in [9.17, 15) is 15.0 Å². The van der Waals surface area contributed by atoms with Crippen molar-refractivity contribution in [2.75, 3.05) is 11.4 Å². The molecule has 0 unspecified atom stereocenters. The summed E-state index contributed by atoms with van der Waals surface area (Å²) in [6.45, 7) is 11.0. The second-order valence-corrected chi connectivity index (χ2v) is 9.34. The predicted molar refractivity (Wildman–Crippen MR) is 130 cm³/mol. The number of carbonyl (C=O) groups is 1. The fourth-order valence-corrected chi connectivity index (χ4v) is 5.44.